The molecule has 0 aliphatic heterocycles. The summed E-state index contributed by atoms with van der Waals surface area (Å²) >= 11 is 0. The zero-order chi connectivity index (χ0) is 9.35. The molecule has 0 amide bonds. The Hall–Kier alpha value is -0.610. The summed E-state index contributed by atoms with van der Waals surface area (Å²) in [5.74, 6) is -0.935. The SMILES string of the molecule is CN(CC(C)(N)C(=O)O)C1CC1. The van der Waals surface area contributed by atoms with Crippen LogP contribution in [0.3, 0.4) is 0 Å². The third-order valence-corrected chi connectivity index (χ3v) is 2.24. The predicted molar refractivity (Wildman–Crippen MR) is 45.9 cm³/mol. The molecule has 1 fully saturated rings. The summed E-state index contributed by atoms with van der Waals surface area (Å²) in [7, 11) is 1.92. The van der Waals surface area contributed by atoms with Gasteiger partial charge >= 0.3 is 5.97 Å². The van der Waals surface area contributed by atoms with Crippen molar-refractivity contribution in [1.82, 2.24) is 4.90 Å². The Morgan fingerprint density at radius 3 is 2.58 bits per heavy atom. The Bertz CT molecular complexity index is 187. The monoisotopic (exact) mass is 172 g/mol. The molecule has 1 saturated carbocycles. The van der Waals surface area contributed by atoms with Crippen molar-refractivity contribution in [2.24, 2.45) is 5.73 Å². The van der Waals surface area contributed by atoms with Gasteiger partial charge in [-0.25, -0.2) is 0 Å². The third-order valence-electron chi connectivity index (χ3n) is 2.24. The van der Waals surface area contributed by atoms with Crippen LogP contribution >= 0.6 is 0 Å². The average molecular weight is 172 g/mol. The second-order valence-corrected chi connectivity index (χ2v) is 3.87. The zero-order valence-corrected chi connectivity index (χ0v) is 7.58. The first-order chi connectivity index (χ1) is 5.43. The van der Waals surface area contributed by atoms with Crippen LogP contribution in [0.15, 0.2) is 0 Å². The Morgan fingerprint density at radius 2 is 2.25 bits per heavy atom. The van der Waals surface area contributed by atoms with Crippen LogP contribution in [0.1, 0.15) is 19.8 Å². The van der Waals surface area contributed by atoms with Gasteiger partial charge in [-0.15, -0.1) is 0 Å². The van der Waals surface area contributed by atoms with Crippen LogP contribution < -0.4 is 5.73 Å². The second kappa shape index (κ2) is 3.03. The maximum absolute atomic E-state index is 10.6. The van der Waals surface area contributed by atoms with Crippen LogP contribution in [0.25, 0.3) is 0 Å². The van der Waals surface area contributed by atoms with Gasteiger partial charge in [0.05, 0.1) is 0 Å². The molecular weight excluding hydrogens is 156 g/mol. The number of nitrogens with zero attached hydrogens (tertiary/aromatic N) is 1. The minimum absolute atomic E-state index is 0.424. The molecule has 1 rings (SSSR count). The molecule has 0 heterocycles. The molecule has 0 bridgehead atoms. The van der Waals surface area contributed by atoms with Crippen LogP contribution in [-0.4, -0.2) is 41.1 Å². The molecule has 0 spiro atoms. The summed E-state index contributed by atoms with van der Waals surface area (Å²) in [5, 5.41) is 8.74. The molecular formula is C8H16N2O2. The van der Waals surface area contributed by atoms with Crippen molar-refractivity contribution in [2.75, 3.05) is 13.6 Å². The van der Waals surface area contributed by atoms with Crippen molar-refractivity contribution in [3.05, 3.63) is 0 Å². The van der Waals surface area contributed by atoms with Crippen molar-refractivity contribution in [1.29, 1.82) is 0 Å². The number of carboxylic acid groups (broad SMARTS) is 1. The summed E-state index contributed by atoms with van der Waals surface area (Å²) in [6.07, 6.45) is 2.35. The number of hydrogen-bond donors (Lipinski definition) is 2. The number of likely N-dealkylation sites (N-methyl/N-ethyl adjacent to an activating group) is 1. The van der Waals surface area contributed by atoms with Gasteiger partial charge in [0, 0.05) is 12.6 Å². The zero-order valence-electron chi connectivity index (χ0n) is 7.58. The standard InChI is InChI=1S/C8H16N2O2/c1-8(9,7(11)12)5-10(2)6-3-4-6/h6H,3-5,9H2,1-2H3,(H,11,12). The largest absolute Gasteiger partial charge is 0.480 e. The summed E-state index contributed by atoms with van der Waals surface area (Å²) in [6, 6.07) is 0.562. The fraction of sp³-hybridized carbons (Fsp3) is 0.875. The van der Waals surface area contributed by atoms with Crippen molar-refractivity contribution in [3.8, 4) is 0 Å². The summed E-state index contributed by atoms with van der Waals surface area (Å²) in [4.78, 5) is 12.7. The molecule has 0 radical (unpaired) electrons. The number of aliphatic carboxylic acids is 1. The van der Waals surface area contributed by atoms with E-state index >= 15 is 0 Å². The topological polar surface area (TPSA) is 66.6 Å². The first-order valence-corrected chi connectivity index (χ1v) is 4.16. The molecule has 3 N–H and O–H groups in total. The molecule has 0 aromatic rings. The Labute approximate surface area is 72.3 Å². The fourth-order valence-corrected chi connectivity index (χ4v) is 1.23. The number of carboxylic acids is 1. The molecule has 1 unspecified atom stereocenters. The summed E-state index contributed by atoms with van der Waals surface area (Å²) in [6.45, 7) is 1.97. The van der Waals surface area contributed by atoms with Crippen molar-refractivity contribution in [2.45, 2.75) is 31.3 Å². The molecule has 12 heavy (non-hydrogen) atoms. The van der Waals surface area contributed by atoms with Gasteiger partial charge in [0.2, 0.25) is 0 Å². The normalized spacial score (nSPS) is 22.3. The highest BCUT2D eigenvalue weighted by Gasteiger charge is 2.34. The van der Waals surface area contributed by atoms with E-state index in [1.807, 2.05) is 11.9 Å². The lowest BCUT2D eigenvalue weighted by molar-refractivity contribution is -0.143. The molecule has 1 atom stereocenters. The van der Waals surface area contributed by atoms with E-state index in [2.05, 4.69) is 0 Å². The Kier molecular flexibility index (Phi) is 2.39. The number of nitrogens with two attached hydrogens (primary N) is 1. The van der Waals surface area contributed by atoms with Gasteiger partial charge in [0.1, 0.15) is 5.54 Å². The van der Waals surface area contributed by atoms with E-state index in [0.717, 1.165) is 0 Å². The van der Waals surface area contributed by atoms with Crippen LogP contribution in [0.2, 0.25) is 0 Å². The minimum atomic E-state index is -1.11. The second-order valence-electron chi connectivity index (χ2n) is 3.87. The number of carbonyl (C=O) groups is 1. The molecule has 4 nitrogen and oxygen atoms in total. The van der Waals surface area contributed by atoms with Crippen LogP contribution in [0.5, 0.6) is 0 Å². The highest BCUT2D eigenvalue weighted by Crippen LogP contribution is 2.26. The average Bonchev–Trinajstić information content (AvgIpc) is 2.65. The maximum Gasteiger partial charge on any atom is 0.324 e. The quantitative estimate of drug-likeness (QED) is 0.620. The molecule has 1 aliphatic carbocycles. The predicted octanol–water partition coefficient (Wildman–Crippen LogP) is -0.117. The van der Waals surface area contributed by atoms with Gasteiger partial charge in [-0.05, 0) is 26.8 Å². The summed E-state index contributed by atoms with van der Waals surface area (Å²) < 4.78 is 0. The van der Waals surface area contributed by atoms with Gasteiger partial charge in [0.15, 0.2) is 0 Å². The van der Waals surface area contributed by atoms with Crippen LogP contribution in [0.4, 0.5) is 0 Å². The van der Waals surface area contributed by atoms with Gasteiger partial charge in [-0.1, -0.05) is 0 Å². The van der Waals surface area contributed by atoms with Crippen LogP contribution in [-0.2, 0) is 4.79 Å². The first kappa shape index (κ1) is 9.48. The van der Waals surface area contributed by atoms with Crippen molar-refractivity contribution in [3.63, 3.8) is 0 Å². The van der Waals surface area contributed by atoms with Gasteiger partial charge < -0.3 is 15.7 Å². The number of hydrogen-bond acceptors (Lipinski definition) is 3. The molecule has 70 valence electrons. The minimum Gasteiger partial charge on any atom is -0.480 e. The smallest absolute Gasteiger partial charge is 0.324 e. The van der Waals surface area contributed by atoms with Gasteiger partial charge in [-0.3, -0.25) is 4.79 Å². The van der Waals surface area contributed by atoms with Gasteiger partial charge in [-0.2, -0.15) is 0 Å². The van der Waals surface area contributed by atoms with Crippen molar-refractivity contribution >= 4 is 5.97 Å². The van der Waals surface area contributed by atoms with Gasteiger partial charge in [0.25, 0.3) is 0 Å². The highest BCUT2D eigenvalue weighted by molar-refractivity contribution is 5.78. The lowest BCUT2D eigenvalue weighted by Gasteiger charge is -2.26. The van der Waals surface area contributed by atoms with E-state index < -0.39 is 11.5 Å². The van der Waals surface area contributed by atoms with E-state index in [0.29, 0.717) is 12.6 Å². The van der Waals surface area contributed by atoms with Crippen LogP contribution in [0, 0.1) is 0 Å². The van der Waals surface area contributed by atoms with E-state index in [4.69, 9.17) is 10.8 Å². The molecule has 0 aromatic heterocycles. The molecule has 4 heteroatoms. The Balaban J connectivity index is 2.42. The molecule has 1 aliphatic rings. The fourth-order valence-electron chi connectivity index (χ4n) is 1.23. The lowest BCUT2D eigenvalue weighted by Crippen LogP contribution is -2.53. The summed E-state index contributed by atoms with van der Waals surface area (Å²) in [5.41, 5.74) is 4.47. The molecule has 0 saturated heterocycles. The van der Waals surface area contributed by atoms with E-state index in [-0.39, 0.29) is 0 Å². The lowest BCUT2D eigenvalue weighted by atomic mass is 10.0. The maximum atomic E-state index is 10.6. The van der Waals surface area contributed by atoms with E-state index in [1.165, 1.54) is 12.8 Å². The van der Waals surface area contributed by atoms with Crippen molar-refractivity contribution < 1.29 is 9.90 Å². The third kappa shape index (κ3) is 2.19. The van der Waals surface area contributed by atoms with E-state index in [1.54, 1.807) is 6.92 Å². The van der Waals surface area contributed by atoms with E-state index in [9.17, 15) is 4.79 Å². The molecule has 0 aromatic carbocycles. The first-order valence-electron chi connectivity index (χ1n) is 4.16. The number of rotatable bonds is 4. The Morgan fingerprint density at radius 1 is 1.75 bits per heavy atom. The highest BCUT2D eigenvalue weighted by atomic mass is 16.4.